The van der Waals surface area contributed by atoms with Gasteiger partial charge in [0.25, 0.3) is 0 Å². The van der Waals surface area contributed by atoms with Gasteiger partial charge in [-0.05, 0) is 108 Å². The van der Waals surface area contributed by atoms with Crippen molar-refractivity contribution < 1.29 is 19.1 Å². The van der Waals surface area contributed by atoms with Crippen LogP contribution in [0.2, 0.25) is 0 Å². The molecule has 4 saturated carbocycles. The minimum atomic E-state index is -0.674. The lowest BCUT2D eigenvalue weighted by molar-refractivity contribution is -0.232. The smallest absolute Gasteiger partial charge is 0.302 e. The van der Waals surface area contributed by atoms with Crippen LogP contribution in [-0.2, 0) is 32.6 Å². The van der Waals surface area contributed by atoms with Crippen LogP contribution in [0, 0.1) is 50.7 Å². The summed E-state index contributed by atoms with van der Waals surface area (Å²) in [5.74, 6) is 1.67. The molecule has 6 nitrogen and oxygen atoms in total. The average molecular weight is 591 g/mol. The zero-order valence-electron chi connectivity index (χ0n) is 28.1. The van der Waals surface area contributed by atoms with Gasteiger partial charge in [-0.1, -0.05) is 48.5 Å². The lowest BCUT2D eigenvalue weighted by Gasteiger charge is -2.72. The number of allylic oxidation sites excluding steroid dienone is 2. The Balaban J connectivity index is 1.39. The molecule has 0 amide bonds. The highest BCUT2D eigenvalue weighted by Gasteiger charge is 2.70. The maximum absolute atomic E-state index is 14.4. The zero-order valence-corrected chi connectivity index (χ0v) is 28.1. The third-order valence-electron chi connectivity index (χ3n) is 14.3. The molecule has 0 N–H and O–H groups in total. The van der Waals surface area contributed by atoms with Crippen LogP contribution in [0.1, 0.15) is 119 Å². The fraction of sp³-hybridized carbons (Fsp3) is 0.784. The first-order chi connectivity index (χ1) is 20.0. The molecule has 8 atom stereocenters. The number of aromatic nitrogens is 2. The number of nitrogens with zero attached hydrogens (tertiary/aromatic N) is 2. The topological polar surface area (TPSA) is 78.3 Å². The highest BCUT2D eigenvalue weighted by molar-refractivity contribution is 6.07. The van der Waals surface area contributed by atoms with Crippen LogP contribution in [-0.4, -0.2) is 33.4 Å². The van der Waals surface area contributed by atoms with Gasteiger partial charge in [0.1, 0.15) is 11.9 Å². The summed E-state index contributed by atoms with van der Waals surface area (Å²) in [4.78, 5) is 40.2. The Morgan fingerprint density at radius 3 is 2.33 bits per heavy atom. The van der Waals surface area contributed by atoms with Gasteiger partial charge in [0.2, 0.25) is 0 Å². The maximum atomic E-state index is 14.4. The summed E-state index contributed by atoms with van der Waals surface area (Å²) >= 11 is 0. The minimum Gasteiger partial charge on any atom is -0.462 e. The van der Waals surface area contributed by atoms with Crippen molar-refractivity contribution in [1.82, 2.24) is 9.78 Å². The Hall–Kier alpha value is -2.24. The second-order valence-electron chi connectivity index (χ2n) is 16.8. The van der Waals surface area contributed by atoms with Crippen LogP contribution in [0.25, 0.3) is 0 Å². The van der Waals surface area contributed by atoms with E-state index in [9.17, 15) is 14.4 Å². The molecule has 6 rings (SSSR count). The second-order valence-corrected chi connectivity index (χ2v) is 16.8. The predicted octanol–water partition coefficient (Wildman–Crippen LogP) is 7.44. The van der Waals surface area contributed by atoms with E-state index >= 15 is 0 Å². The molecule has 0 aromatic carbocycles. The van der Waals surface area contributed by atoms with Crippen molar-refractivity contribution in [1.29, 1.82) is 0 Å². The van der Waals surface area contributed by atoms with Gasteiger partial charge in [0, 0.05) is 32.0 Å². The third kappa shape index (κ3) is 4.16. The average Bonchev–Trinajstić information content (AvgIpc) is 3.46. The van der Waals surface area contributed by atoms with Crippen LogP contribution in [0.5, 0.6) is 0 Å². The summed E-state index contributed by atoms with van der Waals surface area (Å²) in [5, 5.41) is 4.54. The van der Waals surface area contributed by atoms with Crippen molar-refractivity contribution in [3.05, 3.63) is 29.1 Å². The summed E-state index contributed by atoms with van der Waals surface area (Å²) in [6.45, 7) is 18.2. The maximum Gasteiger partial charge on any atom is 0.302 e. The van der Waals surface area contributed by atoms with E-state index in [2.05, 4.69) is 53.6 Å². The number of ether oxygens (including phenoxy) is 1. The molecule has 1 aromatic rings. The minimum absolute atomic E-state index is 0.0235. The number of rotatable bonds is 5. The van der Waals surface area contributed by atoms with Gasteiger partial charge in [-0.3, -0.25) is 19.1 Å². The van der Waals surface area contributed by atoms with Crippen molar-refractivity contribution in [3.8, 4) is 0 Å². The number of aryl methyl sites for hydroxylation is 1. The number of hydrogen-bond acceptors (Lipinski definition) is 5. The van der Waals surface area contributed by atoms with E-state index in [1.165, 1.54) is 5.57 Å². The molecule has 236 valence electrons. The molecule has 0 aliphatic heterocycles. The number of ketones is 2. The van der Waals surface area contributed by atoms with Crippen LogP contribution in [0.4, 0.5) is 0 Å². The number of fused-ring (bicyclic) bond motifs is 7. The highest BCUT2D eigenvalue weighted by atomic mass is 16.5. The first-order valence-corrected chi connectivity index (χ1v) is 17.0. The van der Waals surface area contributed by atoms with Gasteiger partial charge in [-0.2, -0.15) is 5.10 Å². The predicted molar refractivity (Wildman–Crippen MR) is 167 cm³/mol. The van der Waals surface area contributed by atoms with E-state index in [-0.39, 0.29) is 57.1 Å². The lowest BCUT2D eigenvalue weighted by Crippen LogP contribution is -2.66. The van der Waals surface area contributed by atoms with Crippen molar-refractivity contribution in [2.24, 2.45) is 57.8 Å². The molecule has 1 aromatic heterocycles. The Kier molecular flexibility index (Phi) is 7.07. The number of hydrogen-bond donors (Lipinski definition) is 0. The Morgan fingerprint density at radius 1 is 0.977 bits per heavy atom. The van der Waals surface area contributed by atoms with Crippen molar-refractivity contribution in [2.45, 2.75) is 126 Å². The molecular weight excluding hydrogens is 536 g/mol. The third-order valence-corrected chi connectivity index (χ3v) is 14.3. The summed E-state index contributed by atoms with van der Waals surface area (Å²) in [6, 6.07) is 1.94. The highest BCUT2D eigenvalue weighted by Crippen LogP contribution is 2.76. The molecule has 5 aliphatic rings. The Bertz CT molecular complexity index is 1390. The van der Waals surface area contributed by atoms with Gasteiger partial charge in [-0.25, -0.2) is 0 Å². The molecule has 5 aliphatic carbocycles. The first kappa shape index (κ1) is 30.8. The molecule has 0 spiro atoms. The fourth-order valence-electron chi connectivity index (χ4n) is 12.2. The van der Waals surface area contributed by atoms with Crippen LogP contribution < -0.4 is 0 Å². The molecule has 43 heavy (non-hydrogen) atoms. The quantitative estimate of drug-likeness (QED) is 0.333. The fourth-order valence-corrected chi connectivity index (χ4v) is 12.2. The Labute approximate surface area is 258 Å². The van der Waals surface area contributed by atoms with E-state index in [4.69, 9.17) is 4.74 Å². The standard InChI is InChI=1S/C37H54N2O4/c1-22(2)31-26(41)21-37(29(42)20-24-14-19-39(9)38-24)18-17-35(7)25(32(31)37)10-11-28-34(6)15-13-30(43-23(3)40)33(4,5)27(34)12-16-36(28,35)8/h14,19,22,25,27-28,30H,10-13,15-18,20-21H2,1-9H3/t25-,27+,28-,30+,34+,35-,36-,37+/m1/s1. The van der Waals surface area contributed by atoms with E-state index in [1.807, 2.05) is 19.3 Å². The summed E-state index contributed by atoms with van der Waals surface area (Å²) in [5.41, 5.74) is 2.57. The van der Waals surface area contributed by atoms with Crippen molar-refractivity contribution >= 4 is 17.5 Å². The van der Waals surface area contributed by atoms with Crippen molar-refractivity contribution in [2.75, 3.05) is 0 Å². The molecular formula is C37H54N2O4. The number of carbonyl (C=O) groups excluding carboxylic acids is 3. The van der Waals surface area contributed by atoms with Gasteiger partial charge < -0.3 is 4.74 Å². The number of carbonyl (C=O) groups is 3. The molecule has 4 fully saturated rings. The molecule has 0 unspecified atom stereocenters. The van der Waals surface area contributed by atoms with Crippen LogP contribution in [0.15, 0.2) is 23.4 Å². The molecule has 0 radical (unpaired) electrons. The zero-order chi connectivity index (χ0) is 31.3. The normalized spacial score (nSPS) is 41.8. The van der Waals surface area contributed by atoms with Gasteiger partial charge in [-0.15, -0.1) is 0 Å². The summed E-state index contributed by atoms with van der Waals surface area (Å²) < 4.78 is 7.68. The Morgan fingerprint density at radius 2 is 1.70 bits per heavy atom. The van der Waals surface area contributed by atoms with E-state index in [1.54, 1.807) is 11.6 Å². The van der Waals surface area contributed by atoms with E-state index in [0.29, 0.717) is 24.7 Å². The molecule has 6 heteroatoms. The molecule has 1 heterocycles. The van der Waals surface area contributed by atoms with Crippen molar-refractivity contribution in [3.63, 3.8) is 0 Å². The second kappa shape index (κ2) is 9.88. The summed E-state index contributed by atoms with van der Waals surface area (Å²) in [7, 11) is 1.89. The van der Waals surface area contributed by atoms with Gasteiger partial charge >= 0.3 is 5.97 Å². The number of esters is 1. The monoisotopic (exact) mass is 590 g/mol. The lowest BCUT2D eigenvalue weighted by atomic mass is 9.33. The van der Waals surface area contributed by atoms with Crippen LogP contribution >= 0.6 is 0 Å². The van der Waals surface area contributed by atoms with Gasteiger partial charge in [0.15, 0.2) is 5.78 Å². The molecule has 0 bridgehead atoms. The van der Waals surface area contributed by atoms with Gasteiger partial charge in [0.05, 0.1) is 17.5 Å². The van der Waals surface area contributed by atoms with E-state index < -0.39 is 5.41 Å². The largest absolute Gasteiger partial charge is 0.462 e. The number of Topliss-reactive ketones (excluding diaryl/α,β-unsaturated/α-hetero) is 2. The summed E-state index contributed by atoms with van der Waals surface area (Å²) in [6.07, 6.45) is 10.7. The first-order valence-electron chi connectivity index (χ1n) is 17.0. The van der Waals surface area contributed by atoms with E-state index in [0.717, 1.165) is 62.6 Å². The molecule has 0 saturated heterocycles. The van der Waals surface area contributed by atoms with Crippen LogP contribution in [0.3, 0.4) is 0 Å². The SMILES string of the molecule is CC(=O)O[C@H]1CC[C@]2(C)[C@H]3CC[C@@H]4C5=C(C(C)C)C(=O)C[C@]5(C(=O)Cc5ccn(C)n5)CC[C@@]4(C)[C@]3(C)CC[C@H]2C1(C)C.